The quantitative estimate of drug-likeness (QED) is 0.699. The van der Waals surface area contributed by atoms with Crippen LogP contribution in [-0.2, 0) is 11.3 Å². The lowest BCUT2D eigenvalue weighted by molar-refractivity contribution is 0.193. The summed E-state index contributed by atoms with van der Waals surface area (Å²) < 4.78 is 11.0. The number of aromatic nitrogens is 4. The standard InChI is InChI=1S/C19H21N5O2/c1-13-21-17(15-5-7-25-12-15)9-19(22-13)24(2)11-16-8-18(23-26-16)14-4-3-6-20-10-14/h3-4,6,8-10,15H,5,7,11-12H2,1-2H3/t15-/m1/s1. The van der Waals surface area contributed by atoms with Crippen LogP contribution in [0.5, 0.6) is 0 Å². The minimum absolute atomic E-state index is 0.353. The fourth-order valence-electron chi connectivity index (χ4n) is 3.10. The first kappa shape index (κ1) is 16.7. The number of nitrogens with zero attached hydrogens (tertiary/aromatic N) is 5. The first-order valence-corrected chi connectivity index (χ1v) is 8.69. The second-order valence-electron chi connectivity index (χ2n) is 6.53. The number of anilines is 1. The molecular formula is C19H21N5O2. The van der Waals surface area contributed by atoms with Gasteiger partial charge in [-0.1, -0.05) is 5.16 Å². The van der Waals surface area contributed by atoms with Gasteiger partial charge in [0.25, 0.3) is 0 Å². The summed E-state index contributed by atoms with van der Waals surface area (Å²) in [4.78, 5) is 15.3. The zero-order valence-electron chi connectivity index (χ0n) is 14.9. The first-order valence-electron chi connectivity index (χ1n) is 8.69. The van der Waals surface area contributed by atoms with E-state index in [-0.39, 0.29) is 0 Å². The number of pyridine rings is 1. The number of hydrogen-bond donors (Lipinski definition) is 0. The van der Waals surface area contributed by atoms with Crippen LogP contribution in [-0.4, -0.2) is 40.4 Å². The molecule has 0 saturated carbocycles. The van der Waals surface area contributed by atoms with E-state index in [1.54, 1.807) is 12.4 Å². The molecule has 0 amide bonds. The lowest BCUT2D eigenvalue weighted by atomic mass is 10.0. The van der Waals surface area contributed by atoms with E-state index in [2.05, 4.69) is 20.1 Å². The van der Waals surface area contributed by atoms with Crippen LogP contribution in [0.4, 0.5) is 5.82 Å². The maximum absolute atomic E-state index is 5.49. The molecule has 4 heterocycles. The molecule has 0 radical (unpaired) electrons. The van der Waals surface area contributed by atoms with E-state index < -0.39 is 0 Å². The highest BCUT2D eigenvalue weighted by Gasteiger charge is 2.21. The Bertz CT molecular complexity index is 875. The first-order chi connectivity index (χ1) is 12.7. The van der Waals surface area contributed by atoms with Crippen molar-refractivity contribution < 1.29 is 9.26 Å². The molecule has 1 saturated heterocycles. The molecule has 1 aliphatic rings. The maximum Gasteiger partial charge on any atom is 0.156 e. The minimum atomic E-state index is 0.353. The van der Waals surface area contributed by atoms with Crippen LogP contribution in [0.3, 0.4) is 0 Å². The summed E-state index contributed by atoms with van der Waals surface area (Å²) in [5, 5.41) is 4.14. The van der Waals surface area contributed by atoms with Gasteiger partial charge in [0.1, 0.15) is 17.3 Å². The Balaban J connectivity index is 1.51. The second kappa shape index (κ2) is 7.21. The molecule has 0 bridgehead atoms. The molecule has 134 valence electrons. The smallest absolute Gasteiger partial charge is 0.156 e. The van der Waals surface area contributed by atoms with Gasteiger partial charge in [0.15, 0.2) is 5.76 Å². The van der Waals surface area contributed by atoms with E-state index in [0.717, 1.165) is 54.0 Å². The Labute approximate surface area is 152 Å². The second-order valence-corrected chi connectivity index (χ2v) is 6.53. The third kappa shape index (κ3) is 3.57. The van der Waals surface area contributed by atoms with Crippen LogP contribution < -0.4 is 4.90 Å². The van der Waals surface area contributed by atoms with Gasteiger partial charge in [-0.2, -0.15) is 0 Å². The predicted octanol–water partition coefficient (Wildman–Crippen LogP) is 2.98. The van der Waals surface area contributed by atoms with Gasteiger partial charge in [-0.3, -0.25) is 4.98 Å². The van der Waals surface area contributed by atoms with Gasteiger partial charge in [0.2, 0.25) is 0 Å². The fourth-order valence-corrected chi connectivity index (χ4v) is 3.10. The molecule has 0 aromatic carbocycles. The molecule has 1 aliphatic heterocycles. The van der Waals surface area contributed by atoms with Gasteiger partial charge in [0, 0.05) is 49.7 Å². The number of hydrogen-bond acceptors (Lipinski definition) is 7. The predicted molar refractivity (Wildman–Crippen MR) is 96.8 cm³/mol. The van der Waals surface area contributed by atoms with Crippen molar-refractivity contribution in [1.82, 2.24) is 20.1 Å². The zero-order chi connectivity index (χ0) is 17.9. The van der Waals surface area contributed by atoms with Gasteiger partial charge in [0.05, 0.1) is 18.8 Å². The van der Waals surface area contributed by atoms with E-state index in [1.165, 1.54) is 0 Å². The van der Waals surface area contributed by atoms with Crippen LogP contribution >= 0.6 is 0 Å². The van der Waals surface area contributed by atoms with Crippen LogP contribution in [0.1, 0.15) is 29.6 Å². The summed E-state index contributed by atoms with van der Waals surface area (Å²) in [5.41, 5.74) is 2.76. The summed E-state index contributed by atoms with van der Waals surface area (Å²) in [6, 6.07) is 7.83. The Morgan fingerprint density at radius 3 is 2.96 bits per heavy atom. The van der Waals surface area contributed by atoms with Crippen molar-refractivity contribution in [1.29, 1.82) is 0 Å². The van der Waals surface area contributed by atoms with Crippen LogP contribution in [0.25, 0.3) is 11.3 Å². The topological polar surface area (TPSA) is 77.2 Å². The lowest BCUT2D eigenvalue weighted by Gasteiger charge is -2.18. The molecule has 3 aromatic heterocycles. The minimum Gasteiger partial charge on any atom is -0.381 e. The molecule has 0 unspecified atom stereocenters. The molecule has 0 N–H and O–H groups in total. The summed E-state index contributed by atoms with van der Waals surface area (Å²) >= 11 is 0. The highest BCUT2D eigenvalue weighted by molar-refractivity contribution is 5.57. The van der Waals surface area contributed by atoms with Crippen molar-refractivity contribution in [2.75, 3.05) is 25.2 Å². The van der Waals surface area contributed by atoms with Crippen molar-refractivity contribution in [2.45, 2.75) is 25.8 Å². The Kier molecular flexibility index (Phi) is 4.62. The third-order valence-corrected chi connectivity index (χ3v) is 4.49. The third-order valence-electron chi connectivity index (χ3n) is 4.49. The van der Waals surface area contributed by atoms with E-state index >= 15 is 0 Å². The molecule has 7 heteroatoms. The van der Waals surface area contributed by atoms with E-state index in [0.29, 0.717) is 12.5 Å². The summed E-state index contributed by atoms with van der Waals surface area (Å²) in [6.07, 6.45) is 4.52. The van der Waals surface area contributed by atoms with Crippen molar-refractivity contribution in [2.24, 2.45) is 0 Å². The molecule has 0 aliphatic carbocycles. The van der Waals surface area contributed by atoms with Gasteiger partial charge in [-0.15, -0.1) is 0 Å². The van der Waals surface area contributed by atoms with Gasteiger partial charge < -0.3 is 14.2 Å². The molecule has 4 rings (SSSR count). The van der Waals surface area contributed by atoms with Crippen LogP contribution in [0.15, 0.2) is 41.2 Å². The molecule has 1 atom stereocenters. The van der Waals surface area contributed by atoms with Crippen molar-refractivity contribution >= 4 is 5.82 Å². The van der Waals surface area contributed by atoms with E-state index in [1.807, 2.05) is 43.1 Å². The largest absolute Gasteiger partial charge is 0.381 e. The van der Waals surface area contributed by atoms with Crippen molar-refractivity contribution in [3.05, 3.63) is 53.9 Å². The number of aryl methyl sites for hydroxylation is 1. The Morgan fingerprint density at radius 1 is 1.27 bits per heavy atom. The highest BCUT2D eigenvalue weighted by atomic mass is 16.5. The van der Waals surface area contributed by atoms with Gasteiger partial charge >= 0.3 is 0 Å². The summed E-state index contributed by atoms with van der Waals surface area (Å²) in [5.74, 6) is 2.77. The Morgan fingerprint density at radius 2 is 2.19 bits per heavy atom. The summed E-state index contributed by atoms with van der Waals surface area (Å²) in [6.45, 7) is 4.03. The van der Waals surface area contributed by atoms with Gasteiger partial charge in [-0.05, 0) is 25.5 Å². The van der Waals surface area contributed by atoms with E-state index in [9.17, 15) is 0 Å². The summed E-state index contributed by atoms with van der Waals surface area (Å²) in [7, 11) is 1.99. The van der Waals surface area contributed by atoms with Gasteiger partial charge in [-0.25, -0.2) is 9.97 Å². The molecular weight excluding hydrogens is 330 g/mol. The van der Waals surface area contributed by atoms with Crippen molar-refractivity contribution in [3.8, 4) is 11.3 Å². The number of ether oxygens (including phenoxy) is 1. The average Bonchev–Trinajstić information content (AvgIpc) is 3.34. The van der Waals surface area contributed by atoms with Crippen molar-refractivity contribution in [3.63, 3.8) is 0 Å². The van der Waals surface area contributed by atoms with Crippen LogP contribution in [0, 0.1) is 6.92 Å². The fraction of sp³-hybridized carbons (Fsp3) is 0.368. The molecule has 26 heavy (non-hydrogen) atoms. The normalized spacial score (nSPS) is 16.8. The molecule has 0 spiro atoms. The number of rotatable bonds is 5. The SMILES string of the molecule is Cc1nc([C@@H]2CCOC2)cc(N(C)Cc2cc(-c3cccnc3)no2)n1. The van der Waals surface area contributed by atoms with E-state index in [4.69, 9.17) is 9.26 Å². The molecule has 1 fully saturated rings. The lowest BCUT2D eigenvalue weighted by Crippen LogP contribution is -2.19. The zero-order valence-corrected chi connectivity index (χ0v) is 14.9. The van der Waals surface area contributed by atoms with Crippen LogP contribution in [0.2, 0.25) is 0 Å². The monoisotopic (exact) mass is 351 g/mol. The molecule has 3 aromatic rings. The molecule has 7 nitrogen and oxygen atoms in total. The Hall–Kier alpha value is -2.80. The maximum atomic E-state index is 5.49. The highest BCUT2D eigenvalue weighted by Crippen LogP contribution is 2.26. The average molecular weight is 351 g/mol.